The van der Waals surface area contributed by atoms with Crippen molar-refractivity contribution in [2.45, 2.75) is 39.3 Å². The molecule has 2 aliphatic rings. The first-order valence-electron chi connectivity index (χ1n) is 8.80. The largest absolute Gasteiger partial charge is 0.461 e. The highest BCUT2D eigenvalue weighted by molar-refractivity contribution is 6.08. The predicted octanol–water partition coefficient (Wildman–Crippen LogP) is 0.556. The van der Waals surface area contributed by atoms with Gasteiger partial charge in [0, 0.05) is 19.0 Å². The van der Waals surface area contributed by atoms with E-state index in [9.17, 15) is 14.4 Å². The second-order valence-corrected chi connectivity index (χ2v) is 7.03. The fourth-order valence-electron chi connectivity index (χ4n) is 4.21. The van der Waals surface area contributed by atoms with Crippen LogP contribution >= 0.6 is 0 Å². The van der Waals surface area contributed by atoms with Gasteiger partial charge in [-0.15, -0.1) is 0 Å². The molecule has 0 radical (unpaired) electrons. The molecule has 2 saturated heterocycles. The van der Waals surface area contributed by atoms with E-state index in [0.717, 1.165) is 11.1 Å². The molecule has 3 rings (SSSR count). The first kappa shape index (κ1) is 17.6. The number of fused-ring (bicyclic) bond motifs is 1. The van der Waals surface area contributed by atoms with Crippen LogP contribution in [-0.4, -0.2) is 41.4 Å². The van der Waals surface area contributed by atoms with Crippen molar-refractivity contribution in [2.24, 2.45) is 11.8 Å². The molecule has 0 saturated carbocycles. The van der Waals surface area contributed by atoms with E-state index in [1.807, 2.05) is 36.5 Å². The molecule has 6 heteroatoms. The first-order valence-corrected chi connectivity index (χ1v) is 8.80. The number of quaternary nitrogens is 1. The maximum atomic E-state index is 12.9. The minimum atomic E-state index is -1.09. The molecule has 0 aromatic heterocycles. The molecule has 0 bridgehead atoms. The summed E-state index contributed by atoms with van der Waals surface area (Å²) in [6.45, 7) is 7.81. The van der Waals surface area contributed by atoms with Crippen LogP contribution in [0.25, 0.3) is 0 Å². The molecule has 4 atom stereocenters. The van der Waals surface area contributed by atoms with Gasteiger partial charge in [-0.1, -0.05) is 29.8 Å². The summed E-state index contributed by atoms with van der Waals surface area (Å²) in [5.74, 6) is -2.11. The summed E-state index contributed by atoms with van der Waals surface area (Å²) in [5, 5.41) is 1.85. The Morgan fingerprint density at radius 1 is 1.20 bits per heavy atom. The summed E-state index contributed by atoms with van der Waals surface area (Å²) in [5.41, 5.74) is 0.982. The van der Waals surface area contributed by atoms with Crippen molar-refractivity contribution in [1.29, 1.82) is 0 Å². The normalized spacial score (nSPS) is 31.4. The molecular formula is C19H25N2O4+. The summed E-state index contributed by atoms with van der Waals surface area (Å²) in [4.78, 5) is 39.7. The summed E-state index contributed by atoms with van der Waals surface area (Å²) in [7, 11) is 0. The molecule has 25 heavy (non-hydrogen) atoms. The minimum absolute atomic E-state index is 0.188. The van der Waals surface area contributed by atoms with Gasteiger partial charge in [0.1, 0.15) is 17.9 Å². The lowest BCUT2D eigenvalue weighted by atomic mass is 9.80. The topological polar surface area (TPSA) is 80.3 Å². The lowest BCUT2D eigenvalue weighted by Gasteiger charge is -2.25. The highest BCUT2D eigenvalue weighted by atomic mass is 16.5. The van der Waals surface area contributed by atoms with Crippen molar-refractivity contribution >= 4 is 17.8 Å². The molecule has 2 fully saturated rings. The second kappa shape index (κ2) is 6.26. The van der Waals surface area contributed by atoms with Crippen LogP contribution in [-0.2, 0) is 19.1 Å². The zero-order valence-corrected chi connectivity index (χ0v) is 15.1. The number of hydrogen-bond donors (Lipinski definition) is 1. The highest BCUT2D eigenvalue weighted by Gasteiger charge is 2.70. The molecule has 1 aromatic carbocycles. The summed E-state index contributed by atoms with van der Waals surface area (Å²) >= 11 is 0. The number of nitrogens with zero attached hydrogens (tertiary/aromatic N) is 1. The van der Waals surface area contributed by atoms with E-state index in [1.165, 1.54) is 4.90 Å². The molecule has 134 valence electrons. The van der Waals surface area contributed by atoms with Crippen LogP contribution in [0.1, 0.15) is 37.9 Å². The van der Waals surface area contributed by atoms with Gasteiger partial charge in [0.25, 0.3) is 0 Å². The Balaban J connectivity index is 2.07. The van der Waals surface area contributed by atoms with E-state index in [0.29, 0.717) is 6.54 Å². The van der Waals surface area contributed by atoms with Gasteiger partial charge in [-0.05, 0) is 20.8 Å². The van der Waals surface area contributed by atoms with Gasteiger partial charge in [-0.25, -0.2) is 4.79 Å². The van der Waals surface area contributed by atoms with Crippen molar-refractivity contribution in [1.82, 2.24) is 4.90 Å². The predicted molar refractivity (Wildman–Crippen MR) is 90.3 cm³/mol. The van der Waals surface area contributed by atoms with Crippen molar-refractivity contribution in [2.75, 3.05) is 13.2 Å². The van der Waals surface area contributed by atoms with Gasteiger partial charge in [0.15, 0.2) is 0 Å². The number of carbonyl (C=O) groups excluding carboxylic acids is 3. The first-order chi connectivity index (χ1) is 11.8. The van der Waals surface area contributed by atoms with Crippen LogP contribution in [0, 0.1) is 18.8 Å². The summed E-state index contributed by atoms with van der Waals surface area (Å²) in [6.07, 6.45) is 0. The molecule has 2 N–H and O–H groups in total. The van der Waals surface area contributed by atoms with Crippen molar-refractivity contribution in [3.63, 3.8) is 0 Å². The Hall–Kier alpha value is -2.21. The van der Waals surface area contributed by atoms with Crippen LogP contribution < -0.4 is 5.32 Å². The van der Waals surface area contributed by atoms with E-state index in [4.69, 9.17) is 4.74 Å². The third-order valence-electron chi connectivity index (χ3n) is 5.49. The van der Waals surface area contributed by atoms with E-state index in [-0.39, 0.29) is 24.5 Å². The van der Waals surface area contributed by atoms with Crippen LogP contribution in [0.15, 0.2) is 24.3 Å². The average molecular weight is 345 g/mol. The molecule has 2 aliphatic heterocycles. The zero-order valence-electron chi connectivity index (χ0n) is 15.1. The fourth-order valence-corrected chi connectivity index (χ4v) is 4.21. The minimum Gasteiger partial charge on any atom is -0.461 e. The Bertz CT molecular complexity index is 715. The summed E-state index contributed by atoms with van der Waals surface area (Å²) in [6, 6.07) is 7.63. The number of carbonyl (C=O) groups is 3. The van der Waals surface area contributed by atoms with Crippen LogP contribution in [0.3, 0.4) is 0 Å². The van der Waals surface area contributed by atoms with Crippen molar-refractivity contribution in [3.8, 4) is 0 Å². The van der Waals surface area contributed by atoms with Crippen LogP contribution in [0.2, 0.25) is 0 Å². The Morgan fingerprint density at radius 3 is 2.40 bits per heavy atom. The maximum Gasteiger partial charge on any atom is 0.368 e. The van der Waals surface area contributed by atoms with Gasteiger partial charge >= 0.3 is 5.97 Å². The van der Waals surface area contributed by atoms with Crippen molar-refractivity contribution in [3.05, 3.63) is 35.4 Å². The number of hydrogen-bond acceptors (Lipinski definition) is 4. The van der Waals surface area contributed by atoms with Crippen LogP contribution in [0.4, 0.5) is 0 Å². The van der Waals surface area contributed by atoms with E-state index < -0.39 is 23.3 Å². The highest BCUT2D eigenvalue weighted by Crippen LogP contribution is 2.44. The molecule has 2 heterocycles. The molecule has 6 nitrogen and oxygen atoms in total. The Kier molecular flexibility index (Phi) is 4.41. The number of ether oxygens (including phenoxy) is 1. The molecule has 1 aromatic rings. The van der Waals surface area contributed by atoms with Gasteiger partial charge in [0.05, 0.1) is 6.61 Å². The third kappa shape index (κ3) is 2.56. The number of amides is 2. The van der Waals surface area contributed by atoms with Crippen molar-refractivity contribution < 1.29 is 24.4 Å². The number of imide groups is 1. The van der Waals surface area contributed by atoms with Crippen LogP contribution in [0.5, 0.6) is 0 Å². The van der Waals surface area contributed by atoms with E-state index >= 15 is 0 Å². The summed E-state index contributed by atoms with van der Waals surface area (Å²) < 4.78 is 5.24. The van der Waals surface area contributed by atoms with Gasteiger partial charge in [-0.2, -0.15) is 0 Å². The van der Waals surface area contributed by atoms with Gasteiger partial charge < -0.3 is 10.1 Å². The van der Waals surface area contributed by atoms with E-state index in [1.54, 1.807) is 20.8 Å². The molecule has 0 unspecified atom stereocenters. The van der Waals surface area contributed by atoms with Gasteiger partial charge in [-0.3, -0.25) is 14.5 Å². The lowest BCUT2D eigenvalue weighted by molar-refractivity contribution is -0.731. The van der Waals surface area contributed by atoms with E-state index in [2.05, 4.69) is 0 Å². The number of benzene rings is 1. The number of nitrogens with two attached hydrogens (primary N) is 1. The third-order valence-corrected chi connectivity index (χ3v) is 5.49. The number of rotatable bonds is 4. The second-order valence-electron chi connectivity index (χ2n) is 7.03. The standard InChI is InChI=1S/C19H24N2O4/c1-5-21-16(22)13-14(17(21)23)19(4,18(24)25-6-2)20-15(13)12-9-7-11(3)8-10-12/h7-10,13-15,20H,5-6H2,1-4H3/p+1/t13-,14-,15-,19+/m0/s1. The number of esters is 1. The quantitative estimate of drug-likeness (QED) is 0.639. The Morgan fingerprint density at radius 2 is 1.84 bits per heavy atom. The molecule has 2 amide bonds. The lowest BCUT2D eigenvalue weighted by Crippen LogP contribution is -2.97. The zero-order chi connectivity index (χ0) is 18.4. The Labute approximate surface area is 147 Å². The number of likely N-dealkylation sites (tertiary alicyclic amines) is 1. The average Bonchev–Trinajstić information content (AvgIpc) is 3.03. The van der Waals surface area contributed by atoms with Gasteiger partial charge in [0.2, 0.25) is 17.4 Å². The molecule has 0 aliphatic carbocycles. The monoisotopic (exact) mass is 345 g/mol. The molecular weight excluding hydrogens is 320 g/mol. The molecule has 0 spiro atoms. The smallest absolute Gasteiger partial charge is 0.368 e. The maximum absolute atomic E-state index is 12.9. The fraction of sp³-hybridized carbons (Fsp3) is 0.526. The SMILES string of the molecule is CCOC(=O)[C@]1(C)[NH2+][C@@H](c2ccc(C)cc2)[C@H]2C(=O)N(CC)C(=O)[C@H]21. The number of aryl methyl sites for hydroxylation is 1.